The molecule has 4 rings (SSSR count). The van der Waals surface area contributed by atoms with Crippen LogP contribution in [0.15, 0.2) is 39.2 Å². The normalized spacial score (nSPS) is 18.4. The number of aromatic nitrogens is 5. The maximum absolute atomic E-state index is 12.6. The highest BCUT2D eigenvalue weighted by atomic mass is 32.2. The Morgan fingerprint density at radius 1 is 1.18 bits per heavy atom. The van der Waals surface area contributed by atoms with Crippen LogP contribution >= 0.6 is 23.5 Å². The van der Waals surface area contributed by atoms with Crippen LogP contribution in [0.25, 0.3) is 0 Å². The zero-order chi connectivity index (χ0) is 23.2. The lowest BCUT2D eigenvalue weighted by molar-refractivity contribution is -0.119. The van der Waals surface area contributed by atoms with Gasteiger partial charge in [-0.05, 0) is 50.8 Å². The summed E-state index contributed by atoms with van der Waals surface area (Å²) in [5.41, 5.74) is 1.88. The van der Waals surface area contributed by atoms with Gasteiger partial charge in [-0.25, -0.2) is 9.97 Å². The van der Waals surface area contributed by atoms with Gasteiger partial charge in [-0.2, -0.15) is 0 Å². The minimum Gasteiger partial charge on any atom is -0.467 e. The number of hydrogen-bond acceptors (Lipinski definition) is 8. The highest BCUT2D eigenvalue weighted by Gasteiger charge is 2.23. The molecule has 3 aromatic rings. The van der Waals surface area contributed by atoms with E-state index in [1.165, 1.54) is 42.8 Å². The van der Waals surface area contributed by atoms with E-state index in [9.17, 15) is 4.79 Å². The number of amides is 1. The number of carbonyl (C=O) groups excluding carboxylic acids is 1. The first-order chi connectivity index (χ1) is 16.0. The Morgan fingerprint density at radius 3 is 2.70 bits per heavy atom. The third kappa shape index (κ3) is 6.60. The van der Waals surface area contributed by atoms with Crippen molar-refractivity contribution in [1.82, 2.24) is 30.0 Å². The first kappa shape index (κ1) is 23.8. The molecule has 8 nitrogen and oxygen atoms in total. The Kier molecular flexibility index (Phi) is 8.08. The van der Waals surface area contributed by atoms with Crippen molar-refractivity contribution in [1.29, 1.82) is 0 Å². The Balaban J connectivity index is 1.43. The van der Waals surface area contributed by atoms with Crippen molar-refractivity contribution < 1.29 is 9.21 Å². The SMILES string of the molecule is Cc1cc(C)nc(SCc2nnc(SCC(=O)N[C@@H]3CCCC[C@H]3C)n2Cc2ccco2)n1. The first-order valence-electron chi connectivity index (χ1n) is 11.3. The molecule has 33 heavy (non-hydrogen) atoms. The van der Waals surface area contributed by atoms with Crippen LogP contribution in [0.3, 0.4) is 0 Å². The Hall–Kier alpha value is -2.33. The van der Waals surface area contributed by atoms with Crippen molar-refractivity contribution >= 4 is 29.4 Å². The van der Waals surface area contributed by atoms with Crippen LogP contribution < -0.4 is 5.32 Å². The van der Waals surface area contributed by atoms with Crippen LogP contribution in [-0.2, 0) is 17.1 Å². The maximum atomic E-state index is 12.6. The minimum atomic E-state index is 0.0471. The Morgan fingerprint density at radius 2 is 1.97 bits per heavy atom. The predicted molar refractivity (Wildman–Crippen MR) is 129 cm³/mol. The van der Waals surface area contributed by atoms with Crippen molar-refractivity contribution in [3.05, 3.63) is 47.4 Å². The number of rotatable bonds is 9. The van der Waals surface area contributed by atoms with Crippen molar-refractivity contribution in [3.63, 3.8) is 0 Å². The van der Waals surface area contributed by atoms with E-state index in [1.54, 1.807) is 6.26 Å². The van der Waals surface area contributed by atoms with Gasteiger partial charge in [0, 0.05) is 17.4 Å². The molecule has 1 aliphatic carbocycles. The summed E-state index contributed by atoms with van der Waals surface area (Å²) in [5.74, 6) is 3.07. The number of furan rings is 1. The first-order valence-corrected chi connectivity index (χ1v) is 13.3. The molecule has 0 saturated heterocycles. The van der Waals surface area contributed by atoms with Crippen LogP contribution in [0.2, 0.25) is 0 Å². The number of carbonyl (C=O) groups is 1. The van der Waals surface area contributed by atoms with Crippen LogP contribution in [0.1, 0.15) is 55.6 Å². The monoisotopic (exact) mass is 486 g/mol. The highest BCUT2D eigenvalue weighted by molar-refractivity contribution is 7.99. The predicted octanol–water partition coefficient (Wildman–Crippen LogP) is 4.41. The van der Waals surface area contributed by atoms with E-state index in [4.69, 9.17) is 4.42 Å². The second kappa shape index (κ2) is 11.2. The minimum absolute atomic E-state index is 0.0471. The van der Waals surface area contributed by atoms with Crippen LogP contribution in [0.5, 0.6) is 0 Å². The van der Waals surface area contributed by atoms with Gasteiger partial charge in [0.2, 0.25) is 5.91 Å². The van der Waals surface area contributed by atoms with Gasteiger partial charge in [0.05, 0.1) is 24.3 Å². The van der Waals surface area contributed by atoms with Gasteiger partial charge in [0.1, 0.15) is 11.6 Å². The molecule has 0 radical (unpaired) electrons. The highest BCUT2D eigenvalue weighted by Crippen LogP contribution is 2.26. The van der Waals surface area contributed by atoms with Gasteiger partial charge in [-0.3, -0.25) is 9.36 Å². The molecule has 10 heteroatoms. The fourth-order valence-electron chi connectivity index (χ4n) is 4.05. The summed E-state index contributed by atoms with van der Waals surface area (Å²) in [6, 6.07) is 6.02. The molecule has 1 N–H and O–H groups in total. The van der Waals surface area contributed by atoms with E-state index in [0.717, 1.165) is 34.5 Å². The molecule has 2 atom stereocenters. The Bertz CT molecular complexity index is 1050. The fraction of sp³-hybridized carbons (Fsp3) is 0.522. The molecule has 0 bridgehead atoms. The van der Waals surface area contributed by atoms with Gasteiger partial charge in [-0.1, -0.05) is 43.3 Å². The van der Waals surface area contributed by atoms with E-state index in [2.05, 4.69) is 32.4 Å². The summed E-state index contributed by atoms with van der Waals surface area (Å²) in [5, 5.41) is 13.4. The topological polar surface area (TPSA) is 98.7 Å². The quantitative estimate of drug-likeness (QED) is 0.351. The molecule has 0 unspecified atom stereocenters. The van der Waals surface area contributed by atoms with E-state index in [0.29, 0.717) is 29.1 Å². The molecule has 3 heterocycles. The van der Waals surface area contributed by atoms with E-state index >= 15 is 0 Å². The largest absolute Gasteiger partial charge is 0.467 e. The molecule has 1 fully saturated rings. The Labute approximate surface area is 202 Å². The van der Waals surface area contributed by atoms with E-state index < -0.39 is 0 Å². The van der Waals surface area contributed by atoms with Crippen molar-refractivity contribution in [3.8, 4) is 0 Å². The molecule has 1 amide bonds. The van der Waals surface area contributed by atoms with Crippen molar-refractivity contribution in [2.45, 2.75) is 75.1 Å². The molecule has 0 spiro atoms. The summed E-state index contributed by atoms with van der Waals surface area (Å²) in [6.07, 6.45) is 6.34. The number of thioether (sulfide) groups is 2. The van der Waals surface area contributed by atoms with Crippen molar-refractivity contribution in [2.24, 2.45) is 5.92 Å². The summed E-state index contributed by atoms with van der Waals surface area (Å²) in [7, 11) is 0. The summed E-state index contributed by atoms with van der Waals surface area (Å²) in [4.78, 5) is 21.6. The lowest BCUT2D eigenvalue weighted by atomic mass is 9.86. The number of nitrogens with one attached hydrogen (secondary N) is 1. The zero-order valence-electron chi connectivity index (χ0n) is 19.3. The third-order valence-electron chi connectivity index (χ3n) is 5.77. The molecule has 0 aromatic carbocycles. The molecule has 3 aromatic heterocycles. The zero-order valence-corrected chi connectivity index (χ0v) is 20.9. The molecule has 0 aliphatic heterocycles. The lowest BCUT2D eigenvalue weighted by Gasteiger charge is -2.29. The average molecular weight is 487 g/mol. The van der Waals surface area contributed by atoms with Crippen LogP contribution in [0.4, 0.5) is 0 Å². The van der Waals surface area contributed by atoms with Gasteiger partial charge in [-0.15, -0.1) is 10.2 Å². The second-order valence-electron chi connectivity index (χ2n) is 8.51. The van der Waals surface area contributed by atoms with Crippen LogP contribution in [0, 0.1) is 19.8 Å². The number of aryl methyl sites for hydroxylation is 2. The maximum Gasteiger partial charge on any atom is 0.230 e. The molecule has 1 aliphatic rings. The molecule has 176 valence electrons. The average Bonchev–Trinajstić information content (AvgIpc) is 3.42. The second-order valence-corrected chi connectivity index (χ2v) is 10.4. The van der Waals surface area contributed by atoms with Gasteiger partial charge >= 0.3 is 0 Å². The summed E-state index contributed by atoms with van der Waals surface area (Å²) >= 11 is 2.93. The van der Waals surface area contributed by atoms with Crippen molar-refractivity contribution in [2.75, 3.05) is 5.75 Å². The van der Waals surface area contributed by atoms with Gasteiger partial charge in [0.15, 0.2) is 10.3 Å². The third-order valence-corrected chi connectivity index (χ3v) is 7.58. The standard InChI is InChI=1S/C23H30N6O2S2/c1-15-7-4-5-9-19(15)26-21(30)14-33-23-28-27-20(29(23)12-18-8-6-10-31-18)13-32-22-24-16(2)11-17(3)25-22/h6,8,10-11,15,19H,4-5,7,9,12-14H2,1-3H3,(H,26,30)/t15-,19-/m1/s1. The smallest absolute Gasteiger partial charge is 0.230 e. The molecular weight excluding hydrogens is 456 g/mol. The fourth-order valence-corrected chi connectivity index (χ4v) is 5.70. The summed E-state index contributed by atoms with van der Waals surface area (Å²) < 4.78 is 7.56. The number of nitrogens with zero attached hydrogens (tertiary/aromatic N) is 5. The lowest BCUT2D eigenvalue weighted by Crippen LogP contribution is -2.41. The van der Waals surface area contributed by atoms with E-state index in [1.807, 2.05) is 36.6 Å². The molecule has 1 saturated carbocycles. The number of hydrogen-bond donors (Lipinski definition) is 1. The van der Waals surface area contributed by atoms with Crippen LogP contribution in [-0.4, -0.2) is 42.4 Å². The van der Waals surface area contributed by atoms with E-state index in [-0.39, 0.29) is 11.9 Å². The van der Waals surface area contributed by atoms with Gasteiger partial charge in [0.25, 0.3) is 0 Å². The summed E-state index contributed by atoms with van der Waals surface area (Å²) in [6.45, 7) is 6.66. The molecular formula is C23H30N6O2S2. The van der Waals surface area contributed by atoms with Gasteiger partial charge < -0.3 is 9.73 Å².